The molecule has 1 amide bonds. The average Bonchev–Trinajstić information content (AvgIpc) is 3.13. The van der Waals surface area contributed by atoms with Crippen molar-refractivity contribution in [1.82, 2.24) is 9.80 Å². The first-order chi connectivity index (χ1) is 16.0. The van der Waals surface area contributed by atoms with Gasteiger partial charge in [-0.15, -0.1) is 0 Å². The van der Waals surface area contributed by atoms with E-state index in [1.54, 1.807) is 16.7 Å². The second-order valence-corrected chi connectivity index (χ2v) is 17.7. The summed E-state index contributed by atoms with van der Waals surface area (Å²) >= 11 is 3.56. The highest BCUT2D eigenvalue weighted by Crippen LogP contribution is 2.53. The number of β-lactam (4-membered cyclic amide) rings is 1. The second-order valence-electron chi connectivity index (χ2n) is 10.6. The molecule has 0 spiro atoms. The molecule has 0 unspecified atom stereocenters. The Morgan fingerprint density at radius 1 is 1.18 bits per heavy atom. The lowest BCUT2D eigenvalue weighted by Gasteiger charge is -2.48. The summed E-state index contributed by atoms with van der Waals surface area (Å²) in [5.74, 6) is 1.33. The summed E-state index contributed by atoms with van der Waals surface area (Å²) in [5.41, 5.74) is 1.34. The average molecular weight is 521 g/mol. The van der Waals surface area contributed by atoms with Gasteiger partial charge in [-0.05, 0) is 30.6 Å². The number of fused-ring (bicyclic) bond motifs is 1. The topological polar surface area (TPSA) is 59.1 Å². The third-order valence-electron chi connectivity index (χ3n) is 7.26. The van der Waals surface area contributed by atoms with Crippen molar-refractivity contribution >= 4 is 43.7 Å². The molecule has 186 valence electrons. The molecule has 3 heterocycles. The Kier molecular flexibility index (Phi) is 7.48. The molecule has 2 fully saturated rings. The van der Waals surface area contributed by atoms with E-state index in [1.807, 2.05) is 49.0 Å². The van der Waals surface area contributed by atoms with Gasteiger partial charge in [0.15, 0.2) is 14.0 Å². The monoisotopic (exact) mass is 520 g/mol. The zero-order valence-corrected chi connectivity index (χ0v) is 23.6. The van der Waals surface area contributed by atoms with Crippen molar-refractivity contribution < 1.29 is 18.8 Å². The van der Waals surface area contributed by atoms with E-state index in [2.05, 4.69) is 38.8 Å². The van der Waals surface area contributed by atoms with Gasteiger partial charge in [-0.25, -0.2) is 4.79 Å². The Morgan fingerprint density at radius 3 is 2.44 bits per heavy atom. The Morgan fingerprint density at radius 2 is 1.82 bits per heavy atom. The second kappa shape index (κ2) is 9.91. The van der Waals surface area contributed by atoms with E-state index in [1.165, 1.54) is 0 Å². The number of thioether (sulfide) groups is 2. The summed E-state index contributed by atoms with van der Waals surface area (Å²) in [4.78, 5) is 30.6. The molecule has 3 aliphatic rings. The predicted octanol–water partition coefficient (Wildman–Crippen LogP) is 4.89. The van der Waals surface area contributed by atoms with Gasteiger partial charge in [-0.3, -0.25) is 9.69 Å². The van der Waals surface area contributed by atoms with Crippen LogP contribution in [0.1, 0.15) is 33.3 Å². The van der Waals surface area contributed by atoms with Crippen LogP contribution in [0.25, 0.3) is 0 Å². The summed E-state index contributed by atoms with van der Waals surface area (Å²) in [5, 5.41) is 0.840. The molecule has 9 heteroatoms. The molecular formula is C25H36N2O4S2Si. The minimum absolute atomic E-state index is 0.0308. The van der Waals surface area contributed by atoms with Gasteiger partial charge < -0.3 is 14.1 Å². The van der Waals surface area contributed by atoms with Crippen LogP contribution in [0.4, 0.5) is 0 Å². The van der Waals surface area contributed by atoms with E-state index in [4.69, 9.17) is 9.16 Å². The molecule has 6 nitrogen and oxygen atoms in total. The van der Waals surface area contributed by atoms with Gasteiger partial charge in [0.05, 0.1) is 12.0 Å². The standard InChI is InChI=1S/C25H36N2O4S2Si/c1-17(31-34(5,6)25(2,3)4)19-21(28)27-20(24(29)30-16-18-10-8-7-9-11-18)23(33-22(19)27)26-12-14-32-15-13-26/h7-11,17,19,22H,12-16H2,1-6H3/t17-,19-,22+/m0/s1. The number of nitrogens with zero attached hydrogens (tertiary/aromatic N) is 2. The normalized spacial score (nSPS) is 24.1. The molecule has 3 aliphatic heterocycles. The summed E-state index contributed by atoms with van der Waals surface area (Å²) in [6, 6.07) is 9.65. The van der Waals surface area contributed by atoms with Gasteiger partial charge in [-0.2, -0.15) is 11.8 Å². The van der Waals surface area contributed by atoms with E-state index in [-0.39, 0.29) is 34.9 Å². The Labute approximate surface area is 212 Å². The van der Waals surface area contributed by atoms with E-state index >= 15 is 0 Å². The van der Waals surface area contributed by atoms with Crippen molar-refractivity contribution in [3.05, 3.63) is 46.6 Å². The van der Waals surface area contributed by atoms with Crippen LogP contribution in [-0.2, 0) is 25.4 Å². The molecule has 0 N–H and O–H groups in total. The number of benzene rings is 1. The van der Waals surface area contributed by atoms with Crippen LogP contribution < -0.4 is 0 Å². The maximum absolute atomic E-state index is 13.4. The number of amides is 1. The fraction of sp³-hybridized carbons (Fsp3) is 0.600. The molecule has 1 aromatic carbocycles. The van der Waals surface area contributed by atoms with Crippen LogP contribution in [0.2, 0.25) is 18.1 Å². The van der Waals surface area contributed by atoms with Crippen LogP contribution in [0, 0.1) is 5.92 Å². The van der Waals surface area contributed by atoms with Gasteiger partial charge in [-0.1, -0.05) is 62.9 Å². The Balaban J connectivity index is 1.53. The third-order valence-corrected chi connectivity index (χ3v) is 14.2. The van der Waals surface area contributed by atoms with Crippen molar-refractivity contribution in [2.24, 2.45) is 5.92 Å². The predicted molar refractivity (Wildman–Crippen MR) is 142 cm³/mol. The number of hydrogen-bond acceptors (Lipinski definition) is 7. The van der Waals surface area contributed by atoms with Crippen molar-refractivity contribution in [2.45, 2.75) is 63.9 Å². The van der Waals surface area contributed by atoms with Crippen molar-refractivity contribution in [2.75, 3.05) is 24.6 Å². The van der Waals surface area contributed by atoms with Crippen LogP contribution in [-0.4, -0.2) is 66.1 Å². The summed E-state index contributed by atoms with van der Waals surface area (Å²) in [6.45, 7) is 15.0. The lowest BCUT2D eigenvalue weighted by Crippen LogP contribution is -2.62. The smallest absolute Gasteiger partial charge is 0.358 e. The van der Waals surface area contributed by atoms with Gasteiger partial charge in [0.2, 0.25) is 5.91 Å². The molecular weight excluding hydrogens is 485 g/mol. The van der Waals surface area contributed by atoms with Crippen molar-refractivity contribution in [1.29, 1.82) is 0 Å². The first kappa shape index (κ1) is 25.7. The van der Waals surface area contributed by atoms with Gasteiger partial charge >= 0.3 is 5.97 Å². The van der Waals surface area contributed by atoms with E-state index in [0.29, 0.717) is 5.70 Å². The van der Waals surface area contributed by atoms with Crippen LogP contribution in [0.3, 0.4) is 0 Å². The highest BCUT2D eigenvalue weighted by molar-refractivity contribution is 8.04. The molecule has 0 aliphatic carbocycles. The number of ether oxygens (including phenoxy) is 1. The van der Waals surface area contributed by atoms with Gasteiger partial charge in [0.25, 0.3) is 0 Å². The molecule has 0 saturated carbocycles. The third kappa shape index (κ3) is 4.94. The largest absolute Gasteiger partial charge is 0.456 e. The lowest BCUT2D eigenvalue weighted by molar-refractivity contribution is -0.158. The van der Waals surface area contributed by atoms with E-state index < -0.39 is 14.3 Å². The molecule has 2 saturated heterocycles. The number of rotatable bonds is 7. The SMILES string of the molecule is C[C@H](O[Si](C)(C)C(C)(C)C)[C@H]1C(=O)N2C(C(=O)OCc3ccccc3)=C(N3CCSCC3)S[C@H]12. The number of carbonyl (C=O) groups excluding carboxylic acids is 2. The highest BCUT2D eigenvalue weighted by Gasteiger charge is 2.60. The van der Waals surface area contributed by atoms with Crippen molar-refractivity contribution in [3.8, 4) is 0 Å². The lowest BCUT2D eigenvalue weighted by atomic mass is 9.92. The zero-order chi connectivity index (χ0) is 24.7. The fourth-order valence-electron chi connectivity index (χ4n) is 4.24. The van der Waals surface area contributed by atoms with E-state index in [9.17, 15) is 9.59 Å². The molecule has 34 heavy (non-hydrogen) atoms. The number of hydrogen-bond donors (Lipinski definition) is 0. The molecule has 0 bridgehead atoms. The maximum atomic E-state index is 13.4. The maximum Gasteiger partial charge on any atom is 0.358 e. The Hall–Kier alpha value is -1.42. The fourth-order valence-corrected chi connectivity index (χ4v) is 8.22. The molecule has 4 rings (SSSR count). The number of carbonyl (C=O) groups is 2. The van der Waals surface area contributed by atoms with Gasteiger partial charge in [0, 0.05) is 24.6 Å². The van der Waals surface area contributed by atoms with Crippen LogP contribution in [0.15, 0.2) is 41.1 Å². The summed E-state index contributed by atoms with van der Waals surface area (Å²) in [6.07, 6.45) is -0.194. The minimum atomic E-state index is -2.02. The highest BCUT2D eigenvalue weighted by atomic mass is 32.2. The number of esters is 1. The first-order valence-corrected chi connectivity index (χ1v) is 16.9. The van der Waals surface area contributed by atoms with Gasteiger partial charge in [0.1, 0.15) is 17.0 Å². The van der Waals surface area contributed by atoms with Crippen LogP contribution >= 0.6 is 23.5 Å². The zero-order valence-electron chi connectivity index (χ0n) is 21.0. The molecule has 0 aromatic heterocycles. The van der Waals surface area contributed by atoms with Crippen molar-refractivity contribution in [3.63, 3.8) is 0 Å². The van der Waals surface area contributed by atoms with E-state index in [0.717, 1.165) is 35.2 Å². The summed E-state index contributed by atoms with van der Waals surface area (Å²) in [7, 11) is -2.02. The quantitative estimate of drug-likeness (QED) is 0.288. The van der Waals surface area contributed by atoms with Crippen LogP contribution in [0.5, 0.6) is 0 Å². The summed E-state index contributed by atoms with van der Waals surface area (Å²) < 4.78 is 12.3. The molecule has 3 atom stereocenters. The molecule has 1 aromatic rings. The molecule has 0 radical (unpaired) electrons. The Bertz CT molecular complexity index is 957. The minimum Gasteiger partial charge on any atom is -0.456 e. The first-order valence-electron chi connectivity index (χ1n) is 12.0.